The molecule has 43 heavy (non-hydrogen) atoms. The monoisotopic (exact) mass is 574 g/mol. The molecule has 216 valence electrons. The molecule has 2 heterocycles. The van der Waals surface area contributed by atoms with Crippen molar-refractivity contribution in [1.82, 2.24) is 0 Å². The smallest absolute Gasteiger partial charge is 0.339 e. The molecule has 2 saturated heterocycles. The summed E-state index contributed by atoms with van der Waals surface area (Å²) in [7, 11) is 0. The summed E-state index contributed by atoms with van der Waals surface area (Å²) in [4.78, 5) is 73.6. The van der Waals surface area contributed by atoms with E-state index in [2.05, 4.69) is 0 Å². The maximum absolute atomic E-state index is 14.4. The zero-order valence-corrected chi connectivity index (χ0v) is 24.2. The van der Waals surface area contributed by atoms with Crippen LogP contribution in [0.5, 0.6) is 5.75 Å². The molecular formula is C35H30N2O6. The Balaban J connectivity index is 1.41. The van der Waals surface area contributed by atoms with Gasteiger partial charge in [0.2, 0.25) is 23.6 Å². The zero-order valence-electron chi connectivity index (χ0n) is 24.2. The molecule has 3 aromatic carbocycles. The Bertz CT molecular complexity index is 1700. The van der Waals surface area contributed by atoms with Crippen LogP contribution in [0.4, 0.5) is 11.4 Å². The molecule has 4 amide bonds. The van der Waals surface area contributed by atoms with Crippen LogP contribution in [0, 0.1) is 48.9 Å². The predicted molar refractivity (Wildman–Crippen MR) is 158 cm³/mol. The first-order valence-corrected chi connectivity index (χ1v) is 14.4. The number of aryl methyl sites for hydroxylation is 2. The highest BCUT2D eigenvalue weighted by Gasteiger charge is 2.77. The summed E-state index contributed by atoms with van der Waals surface area (Å²) in [6.07, 6.45) is 0. The number of imide groups is 2. The molecule has 0 aromatic heterocycles. The normalized spacial score (nSPS) is 29.3. The van der Waals surface area contributed by atoms with Crippen molar-refractivity contribution in [3.8, 4) is 5.75 Å². The second kappa shape index (κ2) is 9.33. The molecular weight excluding hydrogens is 544 g/mol. The Morgan fingerprint density at radius 3 is 1.60 bits per heavy atom. The van der Waals surface area contributed by atoms with Crippen LogP contribution in [0.25, 0.3) is 0 Å². The number of para-hydroxylation sites is 1. The van der Waals surface area contributed by atoms with E-state index < -0.39 is 64.6 Å². The molecule has 0 radical (unpaired) electrons. The summed E-state index contributed by atoms with van der Waals surface area (Å²) in [5.74, 6) is -6.83. The molecule has 4 atom stereocenters. The van der Waals surface area contributed by atoms with Crippen molar-refractivity contribution in [3.63, 3.8) is 0 Å². The van der Waals surface area contributed by atoms with E-state index in [-0.39, 0.29) is 5.57 Å². The third-order valence-corrected chi connectivity index (χ3v) is 9.88. The number of nitrogens with zero attached hydrogens (tertiary/aromatic N) is 2. The number of esters is 1. The van der Waals surface area contributed by atoms with Gasteiger partial charge in [-0.2, -0.15) is 0 Å². The molecule has 2 bridgehead atoms. The number of ether oxygens (including phenoxy) is 1. The summed E-state index contributed by atoms with van der Waals surface area (Å²) in [6.45, 7) is 7.17. The lowest BCUT2D eigenvalue weighted by Crippen LogP contribution is -2.61. The number of hydrogen-bond donors (Lipinski definition) is 0. The predicted octanol–water partition coefficient (Wildman–Crippen LogP) is 4.79. The topological polar surface area (TPSA) is 101 Å². The van der Waals surface area contributed by atoms with E-state index in [1.165, 1.54) is 9.80 Å². The molecule has 8 heteroatoms. The van der Waals surface area contributed by atoms with Crippen LogP contribution >= 0.6 is 0 Å². The first kappa shape index (κ1) is 27.0. The van der Waals surface area contributed by atoms with Crippen molar-refractivity contribution in [1.29, 1.82) is 0 Å². The summed E-state index contributed by atoms with van der Waals surface area (Å²) >= 11 is 0. The van der Waals surface area contributed by atoms with Gasteiger partial charge in [-0.25, -0.2) is 14.6 Å². The minimum atomic E-state index is -1.48. The highest BCUT2D eigenvalue weighted by atomic mass is 16.5. The fourth-order valence-electron chi connectivity index (χ4n) is 8.30. The van der Waals surface area contributed by atoms with E-state index in [9.17, 15) is 24.0 Å². The third-order valence-electron chi connectivity index (χ3n) is 9.88. The van der Waals surface area contributed by atoms with Crippen molar-refractivity contribution in [2.24, 2.45) is 35.0 Å². The summed E-state index contributed by atoms with van der Waals surface area (Å²) in [5.41, 5.74) is 1.86. The fraction of sp³-hybridized carbons (Fsp3) is 0.286. The quantitative estimate of drug-likeness (QED) is 0.252. The number of hydrogen-bond acceptors (Lipinski definition) is 6. The summed E-state index contributed by atoms with van der Waals surface area (Å²) in [6, 6.07) is 22.8. The first-order chi connectivity index (χ1) is 20.6. The van der Waals surface area contributed by atoms with Gasteiger partial charge in [-0.3, -0.25) is 19.2 Å². The maximum atomic E-state index is 14.4. The van der Waals surface area contributed by atoms with E-state index in [0.29, 0.717) is 22.7 Å². The molecule has 8 rings (SSSR count). The molecule has 1 saturated carbocycles. The van der Waals surface area contributed by atoms with Crippen molar-refractivity contribution >= 4 is 41.0 Å². The molecule has 8 nitrogen and oxygen atoms in total. The van der Waals surface area contributed by atoms with Crippen LogP contribution < -0.4 is 14.5 Å². The van der Waals surface area contributed by atoms with E-state index in [4.69, 9.17) is 4.74 Å². The Morgan fingerprint density at radius 1 is 0.651 bits per heavy atom. The van der Waals surface area contributed by atoms with Gasteiger partial charge >= 0.3 is 5.97 Å². The second-order valence-electron chi connectivity index (χ2n) is 12.3. The molecule has 3 aromatic rings. The Labute approximate surface area is 248 Å². The Morgan fingerprint density at radius 2 is 1.14 bits per heavy atom. The van der Waals surface area contributed by atoms with Crippen molar-refractivity contribution < 1.29 is 28.7 Å². The van der Waals surface area contributed by atoms with E-state index >= 15 is 0 Å². The van der Waals surface area contributed by atoms with Crippen LogP contribution in [-0.4, -0.2) is 29.6 Å². The summed E-state index contributed by atoms with van der Waals surface area (Å²) in [5, 5.41) is 0. The van der Waals surface area contributed by atoms with Crippen molar-refractivity contribution in [2.45, 2.75) is 27.7 Å². The van der Waals surface area contributed by atoms with E-state index in [0.717, 1.165) is 11.1 Å². The molecule has 5 aliphatic rings. The molecule has 3 fully saturated rings. The van der Waals surface area contributed by atoms with Crippen LogP contribution in [0.1, 0.15) is 25.0 Å². The van der Waals surface area contributed by atoms with Gasteiger partial charge in [0.05, 0.1) is 35.0 Å². The third kappa shape index (κ3) is 3.59. The minimum Gasteiger partial charge on any atom is -0.423 e. The van der Waals surface area contributed by atoms with Crippen LogP contribution in [0.15, 0.2) is 90.0 Å². The first-order valence-electron chi connectivity index (χ1n) is 14.4. The van der Waals surface area contributed by atoms with Crippen molar-refractivity contribution in [3.05, 3.63) is 101 Å². The molecule has 2 aliphatic heterocycles. The largest absolute Gasteiger partial charge is 0.423 e. The molecule has 4 unspecified atom stereocenters. The summed E-state index contributed by atoms with van der Waals surface area (Å²) < 4.78 is 5.80. The van der Waals surface area contributed by atoms with Gasteiger partial charge in [-0.1, -0.05) is 55.0 Å². The van der Waals surface area contributed by atoms with Gasteiger partial charge in [0.25, 0.3) is 0 Å². The number of amides is 4. The lowest BCUT2D eigenvalue weighted by molar-refractivity contribution is -0.152. The maximum Gasteiger partial charge on any atom is 0.339 e. The van der Waals surface area contributed by atoms with E-state index in [1.54, 1.807) is 80.6 Å². The Hall–Kier alpha value is -4.85. The lowest BCUT2D eigenvalue weighted by Gasteiger charge is -2.55. The van der Waals surface area contributed by atoms with Crippen LogP contribution in [0.2, 0.25) is 0 Å². The lowest BCUT2D eigenvalue weighted by atomic mass is 9.43. The van der Waals surface area contributed by atoms with Gasteiger partial charge < -0.3 is 4.74 Å². The number of carbonyl (C=O) groups is 5. The average molecular weight is 575 g/mol. The van der Waals surface area contributed by atoms with Gasteiger partial charge in [0.15, 0.2) is 0 Å². The molecule has 3 aliphatic carbocycles. The van der Waals surface area contributed by atoms with Crippen LogP contribution in [0.3, 0.4) is 0 Å². The Kier molecular flexibility index (Phi) is 5.86. The average Bonchev–Trinajstić information content (AvgIpc) is 3.39. The molecule has 0 N–H and O–H groups in total. The van der Waals surface area contributed by atoms with Crippen molar-refractivity contribution in [2.75, 3.05) is 9.80 Å². The number of rotatable bonds is 4. The van der Waals surface area contributed by atoms with Gasteiger partial charge in [0.1, 0.15) is 5.75 Å². The number of benzene rings is 3. The minimum absolute atomic E-state index is 0.198. The molecule has 0 spiro atoms. The SMILES string of the molecule is CC1=C(C(=O)Oc2ccccc2)C2(C)C3C(=O)N(c4cccc(C)c4)C(=O)C3C1C1C(=O)N(c3cccc(C)c3)C(=O)C12. The van der Waals surface area contributed by atoms with Crippen LogP contribution in [-0.2, 0) is 24.0 Å². The fourth-order valence-corrected chi connectivity index (χ4v) is 8.30. The van der Waals surface area contributed by atoms with Gasteiger partial charge in [0, 0.05) is 16.9 Å². The van der Waals surface area contributed by atoms with E-state index in [1.807, 2.05) is 26.0 Å². The number of allylic oxidation sites excluding steroid dienone is 1. The highest BCUT2D eigenvalue weighted by Crippen LogP contribution is 2.68. The highest BCUT2D eigenvalue weighted by molar-refractivity contribution is 6.27. The number of carbonyl (C=O) groups excluding carboxylic acids is 5. The van der Waals surface area contributed by atoms with Gasteiger partial charge in [-0.15, -0.1) is 0 Å². The standard InChI is InChI=1S/C35H30N2O6/c1-18-10-8-12-21(16-18)36-30(38)25-24-20(3)27(34(42)43-23-14-6-5-7-15-23)35(4,28(25)32(36)40)29-26(24)31(39)37(33(29)41)22-13-9-11-19(2)17-22/h5-17,24-26,28-29H,1-4H3. The van der Waals surface area contributed by atoms with Gasteiger partial charge in [-0.05, 0) is 68.3 Å². The second-order valence-corrected chi connectivity index (χ2v) is 12.3. The number of anilines is 2. The zero-order chi connectivity index (χ0) is 30.4.